The molecular weight excluding hydrogens is 312 g/mol. The van der Waals surface area contributed by atoms with Crippen LogP contribution in [0, 0.1) is 6.92 Å². The molecule has 120 valence electrons. The fourth-order valence-electron chi connectivity index (χ4n) is 3.09. The van der Waals surface area contributed by atoms with Crippen molar-refractivity contribution in [2.75, 3.05) is 0 Å². The summed E-state index contributed by atoms with van der Waals surface area (Å²) in [4.78, 5) is 17.0. The Morgan fingerprint density at radius 3 is 2.24 bits per heavy atom. The van der Waals surface area contributed by atoms with Crippen LogP contribution < -0.4 is 4.74 Å². The lowest BCUT2D eigenvalue weighted by Gasteiger charge is -2.03. The third-order valence-corrected chi connectivity index (χ3v) is 4.28. The highest BCUT2D eigenvalue weighted by Crippen LogP contribution is 2.33. The summed E-state index contributed by atoms with van der Waals surface area (Å²) in [6.07, 6.45) is 3.56. The van der Waals surface area contributed by atoms with Gasteiger partial charge in [0, 0.05) is 23.2 Å². The van der Waals surface area contributed by atoms with Gasteiger partial charge in [0.2, 0.25) is 0 Å². The largest absolute Gasteiger partial charge is 0.426 e. The Balaban J connectivity index is 1.77. The second-order valence-electron chi connectivity index (χ2n) is 5.98. The van der Waals surface area contributed by atoms with Crippen molar-refractivity contribution in [2.45, 2.75) is 6.92 Å². The Morgan fingerprint density at radius 2 is 1.48 bits per heavy atom. The van der Waals surface area contributed by atoms with Gasteiger partial charge in [-0.2, -0.15) is 4.98 Å². The lowest BCUT2D eigenvalue weighted by atomic mass is 10.1. The topological polar surface area (TPSA) is 63.7 Å². The van der Waals surface area contributed by atoms with E-state index < -0.39 is 0 Å². The van der Waals surface area contributed by atoms with Crippen LogP contribution >= 0.6 is 0 Å². The summed E-state index contributed by atoms with van der Waals surface area (Å²) < 4.78 is 5.91. The van der Waals surface area contributed by atoms with Gasteiger partial charge in [0.25, 0.3) is 6.01 Å². The number of rotatable bonds is 2. The lowest BCUT2D eigenvalue weighted by molar-refractivity contribution is 0.449. The van der Waals surface area contributed by atoms with Gasteiger partial charge in [-0.15, -0.1) is 0 Å². The molecule has 0 bridgehead atoms. The van der Waals surface area contributed by atoms with Crippen LogP contribution in [0.25, 0.3) is 32.8 Å². The quantitative estimate of drug-likeness (QED) is 0.475. The number of pyridine rings is 2. The molecule has 5 heteroatoms. The van der Waals surface area contributed by atoms with Crippen LogP contribution in [0.15, 0.2) is 60.9 Å². The number of ether oxygens (including phenoxy) is 1. The van der Waals surface area contributed by atoms with Crippen molar-refractivity contribution >= 4 is 32.8 Å². The van der Waals surface area contributed by atoms with Gasteiger partial charge in [-0.05, 0) is 43.3 Å². The van der Waals surface area contributed by atoms with E-state index >= 15 is 0 Å². The van der Waals surface area contributed by atoms with E-state index in [0.29, 0.717) is 6.01 Å². The molecule has 0 saturated carbocycles. The molecule has 2 aromatic carbocycles. The van der Waals surface area contributed by atoms with Crippen molar-refractivity contribution < 1.29 is 4.74 Å². The maximum atomic E-state index is 5.91. The number of benzene rings is 2. The molecule has 0 aliphatic carbocycles. The number of aromatic amines is 1. The predicted molar refractivity (Wildman–Crippen MR) is 97.9 cm³/mol. The lowest BCUT2D eigenvalue weighted by Crippen LogP contribution is -1.86. The Morgan fingerprint density at radius 1 is 0.800 bits per heavy atom. The van der Waals surface area contributed by atoms with Crippen LogP contribution in [-0.4, -0.2) is 19.9 Å². The summed E-state index contributed by atoms with van der Waals surface area (Å²) in [7, 11) is 0. The van der Waals surface area contributed by atoms with E-state index in [1.54, 1.807) is 12.4 Å². The first kappa shape index (κ1) is 13.9. The number of nitrogens with one attached hydrogen (secondary N) is 1. The highest BCUT2D eigenvalue weighted by Gasteiger charge is 2.15. The molecule has 0 spiro atoms. The fourth-order valence-corrected chi connectivity index (χ4v) is 3.09. The summed E-state index contributed by atoms with van der Waals surface area (Å²) in [5.74, 6) is 0.745. The van der Waals surface area contributed by atoms with Crippen LogP contribution in [0.3, 0.4) is 0 Å². The second kappa shape index (κ2) is 5.27. The van der Waals surface area contributed by atoms with Crippen LogP contribution in [0.4, 0.5) is 0 Å². The average Bonchev–Trinajstić information content (AvgIpc) is 3.08. The standard InChI is InChI=1S/C20H14N4O/c1-12-6-8-13(9-7-12)25-20-23-18-14-4-2-10-21-16(14)17-15(19(18)24-20)5-3-11-22-17/h2-11H,1H3,(H,23,24). The first-order chi connectivity index (χ1) is 12.3. The molecule has 0 atom stereocenters. The zero-order valence-corrected chi connectivity index (χ0v) is 13.5. The number of imidazole rings is 1. The number of fused-ring (bicyclic) bond motifs is 6. The van der Waals surface area contributed by atoms with E-state index in [0.717, 1.165) is 38.6 Å². The van der Waals surface area contributed by atoms with E-state index in [2.05, 4.69) is 19.9 Å². The number of aromatic nitrogens is 4. The molecule has 5 rings (SSSR count). The van der Waals surface area contributed by atoms with Crippen LogP contribution in [0.1, 0.15) is 5.56 Å². The van der Waals surface area contributed by atoms with Crippen LogP contribution in [-0.2, 0) is 0 Å². The fraction of sp³-hybridized carbons (Fsp3) is 0.0500. The van der Waals surface area contributed by atoms with Gasteiger partial charge in [0.1, 0.15) is 11.3 Å². The summed E-state index contributed by atoms with van der Waals surface area (Å²) in [5.41, 5.74) is 4.64. The van der Waals surface area contributed by atoms with E-state index in [1.165, 1.54) is 5.56 Å². The maximum absolute atomic E-state index is 5.91. The normalized spacial score (nSPS) is 11.4. The van der Waals surface area contributed by atoms with Gasteiger partial charge in [-0.3, -0.25) is 9.97 Å². The van der Waals surface area contributed by atoms with Gasteiger partial charge in [0.15, 0.2) is 0 Å². The van der Waals surface area contributed by atoms with Crippen LogP contribution in [0.5, 0.6) is 11.8 Å². The minimum Gasteiger partial charge on any atom is -0.426 e. The Bertz CT molecular complexity index is 1150. The molecule has 0 unspecified atom stereocenters. The van der Waals surface area contributed by atoms with Crippen molar-refractivity contribution in [3.05, 3.63) is 66.5 Å². The molecule has 0 fully saturated rings. The number of H-pyrrole nitrogens is 1. The summed E-state index contributed by atoms with van der Waals surface area (Å²) in [6.45, 7) is 2.04. The van der Waals surface area contributed by atoms with Gasteiger partial charge >= 0.3 is 0 Å². The summed E-state index contributed by atoms with van der Waals surface area (Å²) >= 11 is 0. The molecule has 3 aromatic heterocycles. The maximum Gasteiger partial charge on any atom is 0.300 e. The number of hydrogen-bond donors (Lipinski definition) is 1. The Labute approximate surface area is 143 Å². The third-order valence-electron chi connectivity index (χ3n) is 4.28. The zero-order chi connectivity index (χ0) is 16.8. The third kappa shape index (κ3) is 2.21. The van der Waals surface area contributed by atoms with E-state index in [-0.39, 0.29) is 0 Å². The molecule has 0 radical (unpaired) electrons. The van der Waals surface area contributed by atoms with Gasteiger partial charge in [-0.25, -0.2) is 0 Å². The highest BCUT2D eigenvalue weighted by atomic mass is 16.5. The van der Waals surface area contributed by atoms with Crippen molar-refractivity contribution in [1.82, 2.24) is 19.9 Å². The van der Waals surface area contributed by atoms with E-state index in [1.807, 2.05) is 55.5 Å². The summed E-state index contributed by atoms with van der Waals surface area (Å²) in [5, 5.41) is 1.94. The smallest absolute Gasteiger partial charge is 0.300 e. The molecule has 3 heterocycles. The highest BCUT2D eigenvalue weighted by molar-refractivity contribution is 6.20. The monoisotopic (exact) mass is 326 g/mol. The van der Waals surface area contributed by atoms with Crippen molar-refractivity contribution in [2.24, 2.45) is 0 Å². The average molecular weight is 326 g/mol. The molecule has 0 aliphatic rings. The van der Waals surface area contributed by atoms with E-state index in [4.69, 9.17) is 4.74 Å². The molecule has 0 amide bonds. The second-order valence-corrected chi connectivity index (χ2v) is 5.98. The predicted octanol–water partition coefficient (Wildman–Crippen LogP) is 4.76. The van der Waals surface area contributed by atoms with Gasteiger partial charge in [-0.1, -0.05) is 17.7 Å². The van der Waals surface area contributed by atoms with Gasteiger partial charge in [0.05, 0.1) is 16.6 Å². The summed E-state index contributed by atoms with van der Waals surface area (Å²) in [6, 6.07) is 16.2. The van der Waals surface area contributed by atoms with Crippen molar-refractivity contribution in [3.63, 3.8) is 0 Å². The molecule has 5 nitrogen and oxygen atoms in total. The zero-order valence-electron chi connectivity index (χ0n) is 13.5. The minimum atomic E-state index is 0.459. The molecule has 1 N–H and O–H groups in total. The Hall–Kier alpha value is -3.47. The molecule has 25 heavy (non-hydrogen) atoms. The van der Waals surface area contributed by atoms with Crippen molar-refractivity contribution in [1.29, 1.82) is 0 Å². The van der Waals surface area contributed by atoms with Gasteiger partial charge < -0.3 is 9.72 Å². The van der Waals surface area contributed by atoms with Crippen molar-refractivity contribution in [3.8, 4) is 11.8 Å². The van der Waals surface area contributed by atoms with E-state index in [9.17, 15) is 0 Å². The Kier molecular flexibility index (Phi) is 2.94. The molecule has 5 aromatic rings. The van der Waals surface area contributed by atoms with Crippen LogP contribution in [0.2, 0.25) is 0 Å². The SMILES string of the molecule is Cc1ccc(Oc2nc3c4cccnc4c4ncccc4c3[nH]2)cc1. The molecule has 0 saturated heterocycles. The first-order valence-corrected chi connectivity index (χ1v) is 8.05. The molecular formula is C20H14N4O. The minimum absolute atomic E-state index is 0.459. The number of hydrogen-bond acceptors (Lipinski definition) is 4. The molecule has 0 aliphatic heterocycles. The first-order valence-electron chi connectivity index (χ1n) is 8.05. The number of nitrogens with zero attached hydrogens (tertiary/aromatic N) is 3. The number of aryl methyl sites for hydroxylation is 1.